The van der Waals surface area contributed by atoms with E-state index in [1.54, 1.807) is 146 Å². The molecule has 0 amide bonds. The average Bonchev–Trinajstić information content (AvgIpc) is 0.760. The fourth-order valence-corrected chi connectivity index (χ4v) is 14.4. The first-order valence-corrected chi connectivity index (χ1v) is 37.7. The van der Waals surface area contributed by atoms with E-state index in [-0.39, 0.29) is 234 Å². The van der Waals surface area contributed by atoms with Crippen molar-refractivity contribution in [3.05, 3.63) is 394 Å². The number of benzene rings is 15. The first-order chi connectivity index (χ1) is 60.4. The number of carboxylic acids is 12. The van der Waals surface area contributed by atoms with E-state index in [1.165, 1.54) is 146 Å². The van der Waals surface area contributed by atoms with Gasteiger partial charge in [0.15, 0.2) is 0 Å². The van der Waals surface area contributed by atoms with Gasteiger partial charge in [-0.25, -0.2) is 0 Å². The van der Waals surface area contributed by atoms with E-state index in [1.807, 2.05) is 36.4 Å². The number of hydrogen-bond donors (Lipinski definition) is 0. The summed E-state index contributed by atoms with van der Waals surface area (Å²) in [6.45, 7) is 0. The van der Waals surface area contributed by atoms with Crippen LogP contribution in [-0.2, 0) is 0 Å². The quantitative estimate of drug-likeness (QED) is 0.0728. The molecule has 130 heavy (non-hydrogen) atoms. The van der Waals surface area contributed by atoms with Crippen molar-refractivity contribution in [2.45, 2.75) is 0 Å². The summed E-state index contributed by atoms with van der Waals surface area (Å²) in [6.07, 6.45) is 0. The third-order valence-electron chi connectivity index (χ3n) is 20.7. The molecule has 15 aromatic carbocycles. The van der Waals surface area contributed by atoms with Crippen LogP contribution in [-0.4, -0.2) is 71.6 Å². The van der Waals surface area contributed by atoms with E-state index >= 15 is 0 Å². The summed E-state index contributed by atoms with van der Waals surface area (Å²) in [4.78, 5) is 137. The van der Waals surface area contributed by atoms with Crippen molar-refractivity contribution in [1.29, 1.82) is 0 Å². The maximum atomic E-state index is 11.5. The minimum atomic E-state index is -1.35. The molecule has 622 valence electrons. The van der Waals surface area contributed by atoms with Crippen LogP contribution in [0, 0.1) is 167 Å². The number of hydrogen-bond acceptors (Lipinski definition) is 24. The molecule has 0 unspecified atom stereocenters. The van der Waals surface area contributed by atoms with Crippen molar-refractivity contribution in [1.82, 2.24) is 0 Å². The first kappa shape index (κ1) is 101. The summed E-state index contributed by atoms with van der Waals surface area (Å²) in [6, 6.07) is 83.5. The largest absolute Gasteiger partial charge is 3.00 e. The summed E-state index contributed by atoms with van der Waals surface area (Å²) in [5.74, 6) is -16.1. The molecular weight excluding hydrogens is 2170 g/mol. The Morgan fingerprint density at radius 2 is 0.177 bits per heavy atom. The van der Waals surface area contributed by atoms with Gasteiger partial charge in [-0.2, -0.15) is 0 Å². The van der Waals surface area contributed by atoms with Crippen LogP contribution in [0.5, 0.6) is 0 Å². The number of aromatic carboxylic acids is 12. The van der Waals surface area contributed by atoms with Crippen LogP contribution < -0.4 is 61.3 Å². The molecule has 28 heteroatoms. The maximum Gasteiger partial charge on any atom is 3.00 e. The Bertz CT molecular complexity index is 5780. The predicted octanol–water partition coefficient (Wildman–Crippen LogP) is 5.43. The van der Waals surface area contributed by atoms with Gasteiger partial charge in [0, 0.05) is 0 Å². The summed E-state index contributed by atoms with van der Waals surface area (Å²) in [5, 5.41) is 137. The maximum absolute atomic E-state index is 11.5. The van der Waals surface area contributed by atoms with Gasteiger partial charge >= 0.3 is 167 Å². The molecule has 15 rings (SSSR count). The summed E-state index contributed by atoms with van der Waals surface area (Å²) >= 11 is 0. The molecule has 0 saturated carbocycles. The van der Waals surface area contributed by atoms with Crippen molar-refractivity contribution in [2.75, 3.05) is 0 Å². The number of carbonyl (C=O) groups excluding carboxylic acids is 12. The summed E-state index contributed by atoms with van der Waals surface area (Å²) in [7, 11) is 0. The molecule has 15 aromatic rings. The van der Waals surface area contributed by atoms with Crippen LogP contribution in [0.25, 0.3) is 134 Å². The normalized spacial score (nSPS) is 10.3. The van der Waals surface area contributed by atoms with Gasteiger partial charge in [-0.05, 0) is 200 Å². The Morgan fingerprint density at radius 3 is 0.246 bits per heavy atom. The molecular formula is C102H54Ce4O24. The van der Waals surface area contributed by atoms with Crippen molar-refractivity contribution >= 4 is 71.6 Å². The molecule has 0 aromatic heterocycles. The SMILES string of the molecule is O=C([O-])c1ccc(-c2ccc(-c3ccc(C(=O)[O-])cc3)c(-c3ccc(C(=O)[O-])cc3)c2-c2ccc(C(=O)[O-])cc2)cc1.O=C([O-])c1ccc(-c2ccc(-c3ccc(C(=O)[O-])cc3)c(-c3ccc(C(=O)[O-])cc3)c2-c2ccc(C(=O)[O-])cc2)cc1.O=C([O-])c1ccc(-c2ccc(-c3ccc(C(=O)[O-])cc3)c(-c3ccc(C(=O)[O-])cc3)c2-c2ccc(C(=O)[O-])cc2)cc1.[Ce+3].[Ce+3].[Ce+3].[Ce+3]. The Balaban J connectivity index is 0.000000216. The van der Waals surface area contributed by atoms with Crippen LogP contribution >= 0.6 is 0 Å². The van der Waals surface area contributed by atoms with Gasteiger partial charge in [0.2, 0.25) is 0 Å². The minimum Gasteiger partial charge on any atom is -0.545 e. The van der Waals surface area contributed by atoms with Crippen molar-refractivity contribution in [3.63, 3.8) is 0 Å². The average molecular weight is 2220 g/mol. The van der Waals surface area contributed by atoms with Gasteiger partial charge in [0.1, 0.15) is 0 Å². The molecule has 24 nitrogen and oxygen atoms in total. The second-order valence-electron chi connectivity index (χ2n) is 28.1. The van der Waals surface area contributed by atoms with Crippen molar-refractivity contribution in [2.24, 2.45) is 0 Å². The van der Waals surface area contributed by atoms with Crippen LogP contribution in [0.4, 0.5) is 0 Å². The molecule has 4 radical (unpaired) electrons. The molecule has 0 fully saturated rings. The Kier molecular flexibility index (Phi) is 35.1. The number of rotatable bonds is 24. The van der Waals surface area contributed by atoms with E-state index in [4.69, 9.17) is 0 Å². The third kappa shape index (κ3) is 23.4. The van der Waals surface area contributed by atoms with E-state index in [2.05, 4.69) is 0 Å². The van der Waals surface area contributed by atoms with Gasteiger partial charge in [-0.3, -0.25) is 0 Å². The fraction of sp³-hybridized carbons (Fsp3) is 0. The molecule has 0 spiro atoms. The Hall–Kier alpha value is -12.6. The van der Waals surface area contributed by atoms with Gasteiger partial charge in [-0.15, -0.1) is 0 Å². The van der Waals surface area contributed by atoms with Crippen molar-refractivity contribution < 1.29 is 286 Å². The topological polar surface area (TPSA) is 482 Å². The third-order valence-corrected chi connectivity index (χ3v) is 20.7. The molecule has 0 aliphatic heterocycles. The molecule has 0 atom stereocenters. The van der Waals surface area contributed by atoms with Crippen LogP contribution in [0.1, 0.15) is 124 Å². The number of carboxylic acid groups (broad SMARTS) is 12. The van der Waals surface area contributed by atoms with E-state index in [0.29, 0.717) is 134 Å². The number of carbonyl (C=O) groups is 12. The van der Waals surface area contributed by atoms with Crippen molar-refractivity contribution in [3.8, 4) is 134 Å². The van der Waals surface area contributed by atoms with E-state index in [0.717, 1.165) is 0 Å². The summed E-state index contributed by atoms with van der Waals surface area (Å²) in [5.41, 5.74) is 14.9. The monoisotopic (exact) mass is 2220 g/mol. The zero-order chi connectivity index (χ0) is 89.9. The minimum absolute atomic E-state index is 0. The van der Waals surface area contributed by atoms with Gasteiger partial charge in [0.05, 0.1) is 71.6 Å². The zero-order valence-corrected chi connectivity index (χ0v) is 79.5. The second kappa shape index (κ2) is 45.1. The standard InChI is InChI=1S/3C34H22O8.4Ce/c3*35-31(36)23-9-1-19(2-10-23)27-17-18-28(20-3-11-24(12-4-20)32(37)38)30(22-7-15-26(16-8-22)34(41)42)29(27)21-5-13-25(14-6-21)33(39)40;;;;/h3*1-18H,(H,35,36)(H,37,38)(H,39,40)(H,41,42);;;;/q;;;4*+3/p-12. The molecule has 0 aliphatic carbocycles. The summed E-state index contributed by atoms with van der Waals surface area (Å²) < 4.78 is 0. The molecule has 0 saturated heterocycles. The fourth-order valence-electron chi connectivity index (χ4n) is 14.4. The van der Waals surface area contributed by atoms with E-state index < -0.39 is 71.6 Å². The Labute approximate surface area is 874 Å². The van der Waals surface area contributed by atoms with Gasteiger partial charge in [0.25, 0.3) is 0 Å². The van der Waals surface area contributed by atoms with E-state index in [9.17, 15) is 119 Å². The second-order valence-corrected chi connectivity index (χ2v) is 28.1. The van der Waals surface area contributed by atoms with Gasteiger partial charge < -0.3 is 119 Å². The Morgan fingerprint density at radius 1 is 0.108 bits per heavy atom. The van der Waals surface area contributed by atoms with Crippen LogP contribution in [0.2, 0.25) is 0 Å². The van der Waals surface area contributed by atoms with Gasteiger partial charge in [-0.1, -0.05) is 328 Å². The van der Waals surface area contributed by atoms with Crippen LogP contribution in [0.15, 0.2) is 328 Å². The first-order valence-electron chi connectivity index (χ1n) is 37.7. The molecule has 0 heterocycles. The molecule has 0 N–H and O–H groups in total. The smallest absolute Gasteiger partial charge is 0.545 e. The zero-order valence-electron chi connectivity index (χ0n) is 67.0. The predicted molar refractivity (Wildman–Crippen MR) is 437 cm³/mol. The molecule has 0 bridgehead atoms. The van der Waals surface area contributed by atoms with Crippen LogP contribution in [0.3, 0.4) is 0 Å². The molecule has 0 aliphatic rings.